The van der Waals surface area contributed by atoms with Crippen molar-refractivity contribution in [2.24, 2.45) is 0 Å². The van der Waals surface area contributed by atoms with Crippen molar-refractivity contribution in [1.82, 2.24) is 9.78 Å². The van der Waals surface area contributed by atoms with Crippen LogP contribution in [0.3, 0.4) is 0 Å². The molecule has 36 heavy (non-hydrogen) atoms. The first-order chi connectivity index (χ1) is 17.2. The molecule has 1 aromatic heterocycles. The van der Waals surface area contributed by atoms with Gasteiger partial charge in [-0.3, -0.25) is 9.59 Å². The fourth-order valence-corrected chi connectivity index (χ4v) is 3.44. The molecule has 0 radical (unpaired) electrons. The molecule has 184 valence electrons. The van der Waals surface area contributed by atoms with Crippen molar-refractivity contribution in [1.29, 1.82) is 0 Å². The number of carbonyl (C=O) groups excluding carboxylic acids is 1. The SMILES string of the molecule is CC(C(=O)Nc1ccc(C(F)(F)F)cc1)n1nc(-c2cccc(OCc3ccccc3)c2)ccc1=O. The molecule has 9 heteroatoms. The van der Waals surface area contributed by atoms with Gasteiger partial charge in [-0.05, 0) is 55.0 Å². The van der Waals surface area contributed by atoms with E-state index in [-0.39, 0.29) is 5.69 Å². The number of benzene rings is 3. The van der Waals surface area contributed by atoms with E-state index in [1.807, 2.05) is 36.4 Å². The van der Waals surface area contributed by atoms with Crippen LogP contribution in [0.2, 0.25) is 0 Å². The number of rotatable bonds is 7. The molecule has 1 heterocycles. The van der Waals surface area contributed by atoms with Gasteiger partial charge in [-0.2, -0.15) is 18.3 Å². The Balaban J connectivity index is 1.49. The van der Waals surface area contributed by atoms with E-state index in [2.05, 4.69) is 10.4 Å². The second-order valence-corrected chi connectivity index (χ2v) is 8.04. The number of nitrogens with one attached hydrogen (secondary N) is 1. The average molecular weight is 493 g/mol. The zero-order valence-corrected chi connectivity index (χ0v) is 19.2. The molecule has 0 saturated carbocycles. The summed E-state index contributed by atoms with van der Waals surface area (Å²) >= 11 is 0. The Morgan fingerprint density at radius 3 is 2.39 bits per heavy atom. The standard InChI is InChI=1S/C27H22F3N3O3/c1-18(26(35)31-22-12-10-21(11-13-22)27(28,29)30)33-25(34)15-14-24(32-33)20-8-5-9-23(16-20)36-17-19-6-3-2-4-7-19/h2-16,18H,17H2,1H3,(H,31,35). The largest absolute Gasteiger partial charge is 0.489 e. The number of carbonyl (C=O) groups is 1. The lowest BCUT2D eigenvalue weighted by molar-refractivity contribution is -0.137. The highest BCUT2D eigenvalue weighted by Gasteiger charge is 2.30. The van der Waals surface area contributed by atoms with E-state index in [9.17, 15) is 22.8 Å². The molecule has 4 rings (SSSR count). The Morgan fingerprint density at radius 1 is 0.972 bits per heavy atom. The minimum Gasteiger partial charge on any atom is -0.489 e. The molecule has 3 aromatic carbocycles. The molecule has 4 aromatic rings. The number of halogens is 3. The summed E-state index contributed by atoms with van der Waals surface area (Å²) in [6.07, 6.45) is -4.47. The molecule has 0 aliphatic heterocycles. The van der Waals surface area contributed by atoms with Gasteiger partial charge in [-0.25, -0.2) is 4.68 Å². The monoisotopic (exact) mass is 493 g/mol. The first-order valence-corrected chi connectivity index (χ1v) is 11.1. The topological polar surface area (TPSA) is 73.2 Å². The number of anilines is 1. The Labute approximate surface area is 205 Å². The third kappa shape index (κ3) is 5.99. The molecule has 0 aliphatic carbocycles. The lowest BCUT2D eigenvalue weighted by Crippen LogP contribution is -2.33. The van der Waals surface area contributed by atoms with E-state index >= 15 is 0 Å². The summed E-state index contributed by atoms with van der Waals surface area (Å²) in [6.45, 7) is 1.87. The average Bonchev–Trinajstić information content (AvgIpc) is 2.88. The van der Waals surface area contributed by atoms with Gasteiger partial charge in [-0.1, -0.05) is 42.5 Å². The zero-order valence-electron chi connectivity index (χ0n) is 19.2. The molecular weight excluding hydrogens is 471 g/mol. The van der Waals surface area contributed by atoms with Gasteiger partial charge in [-0.15, -0.1) is 0 Å². The van der Waals surface area contributed by atoms with Crippen LogP contribution in [-0.2, 0) is 17.6 Å². The number of ether oxygens (including phenoxy) is 1. The maximum atomic E-state index is 12.8. The van der Waals surface area contributed by atoms with Crippen molar-refractivity contribution in [2.75, 3.05) is 5.32 Å². The lowest BCUT2D eigenvalue weighted by atomic mass is 10.1. The van der Waals surface area contributed by atoms with Crippen molar-refractivity contribution in [3.63, 3.8) is 0 Å². The van der Waals surface area contributed by atoms with Crippen LogP contribution in [0, 0.1) is 0 Å². The van der Waals surface area contributed by atoms with E-state index in [4.69, 9.17) is 4.74 Å². The Kier molecular flexibility index (Phi) is 7.19. The van der Waals surface area contributed by atoms with E-state index in [1.165, 1.54) is 13.0 Å². The highest BCUT2D eigenvalue weighted by Crippen LogP contribution is 2.30. The summed E-state index contributed by atoms with van der Waals surface area (Å²) in [7, 11) is 0. The minimum absolute atomic E-state index is 0.173. The fourth-order valence-electron chi connectivity index (χ4n) is 3.44. The molecular formula is C27H22F3N3O3. The number of aromatic nitrogens is 2. The third-order valence-electron chi connectivity index (χ3n) is 5.43. The Bertz CT molecular complexity index is 1400. The molecule has 0 aliphatic rings. The van der Waals surface area contributed by atoms with Gasteiger partial charge in [0.2, 0.25) is 5.91 Å². The lowest BCUT2D eigenvalue weighted by Gasteiger charge is -2.16. The van der Waals surface area contributed by atoms with Crippen LogP contribution < -0.4 is 15.6 Å². The van der Waals surface area contributed by atoms with Crippen molar-refractivity contribution in [2.45, 2.75) is 25.7 Å². The minimum atomic E-state index is -4.47. The van der Waals surface area contributed by atoms with Gasteiger partial charge >= 0.3 is 6.18 Å². The predicted octanol–water partition coefficient (Wildman–Crippen LogP) is 5.71. The van der Waals surface area contributed by atoms with Crippen LogP contribution >= 0.6 is 0 Å². The molecule has 0 bridgehead atoms. The van der Waals surface area contributed by atoms with E-state index in [1.54, 1.807) is 24.3 Å². The molecule has 1 unspecified atom stereocenters. The molecule has 1 amide bonds. The van der Waals surface area contributed by atoms with E-state index in [0.717, 1.165) is 34.5 Å². The van der Waals surface area contributed by atoms with Gasteiger partial charge in [0, 0.05) is 17.3 Å². The van der Waals surface area contributed by atoms with Crippen LogP contribution in [0.25, 0.3) is 11.3 Å². The fraction of sp³-hybridized carbons (Fsp3) is 0.148. The summed E-state index contributed by atoms with van der Waals surface area (Å²) in [5.41, 5.74) is 1.01. The maximum absolute atomic E-state index is 12.8. The quantitative estimate of drug-likeness (QED) is 0.358. The summed E-state index contributed by atoms with van der Waals surface area (Å²) in [4.78, 5) is 25.2. The van der Waals surface area contributed by atoms with Crippen LogP contribution in [0.1, 0.15) is 24.1 Å². The summed E-state index contributed by atoms with van der Waals surface area (Å²) in [5.74, 6) is 0.0189. The first-order valence-electron chi connectivity index (χ1n) is 11.1. The normalized spacial score (nSPS) is 12.1. The molecule has 1 N–H and O–H groups in total. The second kappa shape index (κ2) is 10.5. The molecule has 1 atom stereocenters. The van der Waals surface area contributed by atoms with Crippen LogP contribution in [0.4, 0.5) is 18.9 Å². The number of hydrogen-bond donors (Lipinski definition) is 1. The smallest absolute Gasteiger partial charge is 0.416 e. The van der Waals surface area contributed by atoms with Gasteiger partial charge in [0.15, 0.2) is 0 Å². The number of hydrogen-bond acceptors (Lipinski definition) is 4. The number of alkyl halides is 3. The molecule has 0 saturated heterocycles. The maximum Gasteiger partial charge on any atom is 0.416 e. The Hall–Kier alpha value is -4.40. The number of nitrogens with zero attached hydrogens (tertiary/aromatic N) is 2. The molecule has 6 nitrogen and oxygen atoms in total. The highest BCUT2D eigenvalue weighted by molar-refractivity contribution is 5.93. The van der Waals surface area contributed by atoms with Gasteiger partial charge in [0.1, 0.15) is 18.4 Å². The van der Waals surface area contributed by atoms with Crippen molar-refractivity contribution in [3.05, 3.63) is 112 Å². The zero-order chi connectivity index (χ0) is 25.7. The third-order valence-corrected chi connectivity index (χ3v) is 5.43. The Morgan fingerprint density at radius 2 is 1.69 bits per heavy atom. The van der Waals surface area contributed by atoms with Gasteiger partial charge < -0.3 is 10.1 Å². The highest BCUT2D eigenvalue weighted by atomic mass is 19.4. The van der Waals surface area contributed by atoms with Crippen molar-refractivity contribution in [3.8, 4) is 17.0 Å². The molecule has 0 spiro atoms. The summed E-state index contributed by atoms with van der Waals surface area (Å²) < 4.78 is 45.2. The van der Waals surface area contributed by atoms with Gasteiger partial charge in [0.05, 0.1) is 11.3 Å². The van der Waals surface area contributed by atoms with Gasteiger partial charge in [0.25, 0.3) is 5.56 Å². The van der Waals surface area contributed by atoms with Crippen LogP contribution in [0.5, 0.6) is 5.75 Å². The predicted molar refractivity (Wildman–Crippen MR) is 129 cm³/mol. The number of amides is 1. The molecule has 0 fully saturated rings. The summed E-state index contributed by atoms with van der Waals surface area (Å²) in [5, 5.41) is 6.87. The second-order valence-electron chi connectivity index (χ2n) is 8.04. The van der Waals surface area contributed by atoms with Crippen LogP contribution in [-0.4, -0.2) is 15.7 Å². The van der Waals surface area contributed by atoms with Crippen molar-refractivity contribution >= 4 is 11.6 Å². The van der Waals surface area contributed by atoms with Crippen molar-refractivity contribution < 1.29 is 22.7 Å². The summed E-state index contributed by atoms with van der Waals surface area (Å²) in [6, 6.07) is 22.8. The van der Waals surface area contributed by atoms with Crippen LogP contribution in [0.15, 0.2) is 95.8 Å². The van der Waals surface area contributed by atoms with E-state index < -0.39 is 29.2 Å². The van der Waals surface area contributed by atoms with E-state index in [0.29, 0.717) is 23.6 Å². The first kappa shape index (κ1) is 24.7.